The third kappa shape index (κ3) is 2.75. The second kappa shape index (κ2) is 5.92. The minimum absolute atomic E-state index is 0.598. The van der Waals surface area contributed by atoms with Crippen LogP contribution >= 0.6 is 0 Å². The lowest BCUT2D eigenvalue weighted by Gasteiger charge is -2.27. The number of para-hydroxylation sites is 1. The Morgan fingerprint density at radius 1 is 1.25 bits per heavy atom. The highest BCUT2D eigenvalue weighted by Gasteiger charge is 2.27. The Morgan fingerprint density at radius 3 is 2.70 bits per heavy atom. The first-order valence-electron chi connectivity index (χ1n) is 6.60. The fourth-order valence-corrected chi connectivity index (χ4v) is 2.18. The molecule has 0 aliphatic heterocycles. The Labute approximate surface area is 119 Å². The van der Waals surface area contributed by atoms with E-state index in [4.69, 9.17) is 15.2 Å². The van der Waals surface area contributed by atoms with Gasteiger partial charge in [0.05, 0.1) is 25.5 Å². The third-order valence-electron chi connectivity index (χ3n) is 3.29. The monoisotopic (exact) mass is 272 g/mol. The molecule has 0 saturated carbocycles. The first-order valence-corrected chi connectivity index (χ1v) is 6.60. The smallest absolute Gasteiger partial charge is 0.137 e. The van der Waals surface area contributed by atoms with Crippen LogP contribution in [0.5, 0.6) is 11.5 Å². The molecule has 1 atom stereocenters. The second-order valence-corrected chi connectivity index (χ2v) is 4.74. The van der Waals surface area contributed by atoms with E-state index in [1.807, 2.05) is 44.2 Å². The lowest BCUT2D eigenvalue weighted by molar-refractivity contribution is 0.337. The zero-order chi connectivity index (χ0) is 14.6. The van der Waals surface area contributed by atoms with Crippen LogP contribution in [0.1, 0.15) is 25.0 Å². The SMILES string of the molecule is CCOc1cncc(C(C)(N)c2ccccc2OC)c1. The summed E-state index contributed by atoms with van der Waals surface area (Å²) in [6, 6.07) is 9.66. The van der Waals surface area contributed by atoms with Crippen molar-refractivity contribution >= 4 is 0 Å². The van der Waals surface area contributed by atoms with Crippen molar-refractivity contribution < 1.29 is 9.47 Å². The first-order chi connectivity index (χ1) is 9.59. The van der Waals surface area contributed by atoms with Gasteiger partial charge in [0.1, 0.15) is 11.5 Å². The van der Waals surface area contributed by atoms with Crippen LogP contribution in [0.25, 0.3) is 0 Å². The number of methoxy groups -OCH3 is 1. The molecule has 0 aliphatic rings. The average molecular weight is 272 g/mol. The van der Waals surface area contributed by atoms with Crippen LogP contribution < -0.4 is 15.2 Å². The molecule has 0 saturated heterocycles. The summed E-state index contributed by atoms with van der Waals surface area (Å²) in [7, 11) is 1.64. The molecule has 0 bridgehead atoms. The van der Waals surface area contributed by atoms with Gasteiger partial charge in [-0.3, -0.25) is 4.98 Å². The maximum Gasteiger partial charge on any atom is 0.137 e. The maximum absolute atomic E-state index is 6.53. The van der Waals surface area contributed by atoms with Gasteiger partial charge < -0.3 is 15.2 Å². The van der Waals surface area contributed by atoms with Gasteiger partial charge in [0, 0.05) is 11.8 Å². The zero-order valence-corrected chi connectivity index (χ0v) is 12.1. The molecular weight excluding hydrogens is 252 g/mol. The summed E-state index contributed by atoms with van der Waals surface area (Å²) in [6.07, 6.45) is 3.44. The lowest BCUT2D eigenvalue weighted by Crippen LogP contribution is -2.34. The van der Waals surface area contributed by atoms with E-state index in [0.29, 0.717) is 6.61 Å². The molecule has 20 heavy (non-hydrogen) atoms. The lowest BCUT2D eigenvalue weighted by atomic mass is 9.86. The van der Waals surface area contributed by atoms with E-state index in [0.717, 1.165) is 22.6 Å². The van der Waals surface area contributed by atoms with Crippen molar-refractivity contribution in [2.45, 2.75) is 19.4 Å². The summed E-state index contributed by atoms with van der Waals surface area (Å²) in [5.74, 6) is 1.48. The molecule has 1 heterocycles. The first kappa shape index (κ1) is 14.3. The summed E-state index contributed by atoms with van der Waals surface area (Å²) in [4.78, 5) is 4.20. The molecule has 4 nitrogen and oxygen atoms in total. The van der Waals surface area contributed by atoms with Crippen LogP contribution in [-0.2, 0) is 5.54 Å². The number of benzene rings is 1. The summed E-state index contributed by atoms with van der Waals surface area (Å²) in [6.45, 7) is 4.48. The molecule has 1 aromatic carbocycles. The van der Waals surface area contributed by atoms with Crippen molar-refractivity contribution in [3.05, 3.63) is 53.9 Å². The quantitative estimate of drug-likeness (QED) is 0.909. The third-order valence-corrected chi connectivity index (χ3v) is 3.29. The van der Waals surface area contributed by atoms with Crippen molar-refractivity contribution in [3.63, 3.8) is 0 Å². The number of aromatic nitrogens is 1. The van der Waals surface area contributed by atoms with Crippen LogP contribution in [-0.4, -0.2) is 18.7 Å². The van der Waals surface area contributed by atoms with Gasteiger partial charge in [-0.05, 0) is 31.5 Å². The van der Waals surface area contributed by atoms with E-state index < -0.39 is 5.54 Å². The van der Waals surface area contributed by atoms with E-state index >= 15 is 0 Å². The Hall–Kier alpha value is -2.07. The summed E-state index contributed by atoms with van der Waals surface area (Å²) >= 11 is 0. The van der Waals surface area contributed by atoms with Crippen molar-refractivity contribution in [3.8, 4) is 11.5 Å². The molecule has 106 valence electrons. The molecule has 0 radical (unpaired) electrons. The van der Waals surface area contributed by atoms with Gasteiger partial charge in [-0.1, -0.05) is 18.2 Å². The topological polar surface area (TPSA) is 57.4 Å². The maximum atomic E-state index is 6.53. The number of hydrogen-bond donors (Lipinski definition) is 1. The Morgan fingerprint density at radius 2 is 2.00 bits per heavy atom. The van der Waals surface area contributed by atoms with Gasteiger partial charge in [0.15, 0.2) is 0 Å². The Kier molecular flexibility index (Phi) is 4.25. The molecule has 4 heteroatoms. The molecule has 1 aromatic heterocycles. The number of ether oxygens (including phenoxy) is 2. The number of rotatable bonds is 5. The molecule has 0 spiro atoms. The van der Waals surface area contributed by atoms with E-state index in [9.17, 15) is 0 Å². The predicted molar refractivity (Wildman–Crippen MR) is 79.0 cm³/mol. The fraction of sp³-hybridized carbons (Fsp3) is 0.312. The van der Waals surface area contributed by atoms with Gasteiger partial charge in [-0.25, -0.2) is 0 Å². The minimum Gasteiger partial charge on any atom is -0.496 e. The number of nitrogens with two attached hydrogens (primary N) is 1. The average Bonchev–Trinajstić information content (AvgIpc) is 2.48. The Balaban J connectivity index is 2.46. The summed E-state index contributed by atoms with van der Waals surface area (Å²) < 4.78 is 10.9. The predicted octanol–water partition coefficient (Wildman–Crippen LogP) is 2.71. The molecule has 2 aromatic rings. The molecule has 0 amide bonds. The standard InChI is InChI=1S/C16H20N2O2/c1-4-20-13-9-12(10-18-11-13)16(2,17)14-7-5-6-8-15(14)19-3/h5-11H,4,17H2,1-3H3. The fourth-order valence-electron chi connectivity index (χ4n) is 2.18. The van der Waals surface area contributed by atoms with Crippen LogP contribution in [0.2, 0.25) is 0 Å². The second-order valence-electron chi connectivity index (χ2n) is 4.74. The van der Waals surface area contributed by atoms with Crippen LogP contribution in [0.15, 0.2) is 42.7 Å². The number of hydrogen-bond acceptors (Lipinski definition) is 4. The van der Waals surface area contributed by atoms with Crippen molar-refractivity contribution in [1.82, 2.24) is 4.98 Å². The Bertz CT molecular complexity index is 582. The normalized spacial score (nSPS) is 13.6. The largest absolute Gasteiger partial charge is 0.496 e. The van der Waals surface area contributed by atoms with Crippen molar-refractivity contribution in [1.29, 1.82) is 0 Å². The summed E-state index contributed by atoms with van der Waals surface area (Å²) in [5, 5.41) is 0. The zero-order valence-electron chi connectivity index (χ0n) is 12.1. The van der Waals surface area contributed by atoms with Gasteiger partial charge in [-0.15, -0.1) is 0 Å². The molecule has 2 N–H and O–H groups in total. The van der Waals surface area contributed by atoms with Crippen LogP contribution in [0.3, 0.4) is 0 Å². The van der Waals surface area contributed by atoms with Crippen LogP contribution in [0.4, 0.5) is 0 Å². The van der Waals surface area contributed by atoms with Crippen LogP contribution in [0, 0.1) is 0 Å². The molecule has 0 fully saturated rings. The molecular formula is C16H20N2O2. The highest BCUT2D eigenvalue weighted by Crippen LogP contribution is 2.33. The highest BCUT2D eigenvalue weighted by atomic mass is 16.5. The van der Waals surface area contributed by atoms with Gasteiger partial charge in [0.25, 0.3) is 0 Å². The van der Waals surface area contributed by atoms with E-state index in [1.54, 1.807) is 19.5 Å². The molecule has 0 aliphatic carbocycles. The number of nitrogens with zero attached hydrogens (tertiary/aromatic N) is 1. The molecule has 2 rings (SSSR count). The summed E-state index contributed by atoms with van der Waals surface area (Å²) in [5.41, 5.74) is 7.62. The molecule has 1 unspecified atom stereocenters. The van der Waals surface area contributed by atoms with Gasteiger partial charge >= 0.3 is 0 Å². The van der Waals surface area contributed by atoms with Crippen molar-refractivity contribution in [2.75, 3.05) is 13.7 Å². The van der Waals surface area contributed by atoms with E-state index in [-0.39, 0.29) is 0 Å². The minimum atomic E-state index is -0.702. The number of pyridine rings is 1. The van der Waals surface area contributed by atoms with Crippen molar-refractivity contribution in [2.24, 2.45) is 5.73 Å². The van der Waals surface area contributed by atoms with Gasteiger partial charge in [-0.2, -0.15) is 0 Å². The van der Waals surface area contributed by atoms with E-state index in [2.05, 4.69) is 4.98 Å². The van der Waals surface area contributed by atoms with Gasteiger partial charge in [0.2, 0.25) is 0 Å². The highest BCUT2D eigenvalue weighted by molar-refractivity contribution is 5.46. The van der Waals surface area contributed by atoms with E-state index in [1.165, 1.54) is 0 Å².